The normalized spacial score (nSPS) is 16.1. The van der Waals surface area contributed by atoms with Gasteiger partial charge in [0.25, 0.3) is 5.89 Å². The third-order valence-electron chi connectivity index (χ3n) is 5.59. The molecule has 3 aromatic rings. The molecule has 34 heavy (non-hydrogen) atoms. The highest BCUT2D eigenvalue weighted by Gasteiger charge is 2.34. The molecule has 0 radical (unpaired) electrons. The van der Waals surface area contributed by atoms with Crippen LogP contribution in [0.5, 0.6) is 5.75 Å². The van der Waals surface area contributed by atoms with Crippen molar-refractivity contribution in [1.29, 1.82) is 0 Å². The second kappa shape index (κ2) is 10.8. The van der Waals surface area contributed by atoms with Crippen molar-refractivity contribution in [3.63, 3.8) is 0 Å². The number of allylic oxidation sites excluding steroid dienone is 1. The fourth-order valence-corrected chi connectivity index (χ4v) is 4.29. The van der Waals surface area contributed by atoms with E-state index in [9.17, 15) is 4.39 Å². The van der Waals surface area contributed by atoms with Crippen LogP contribution in [0.4, 0.5) is 4.39 Å². The van der Waals surface area contributed by atoms with E-state index in [-0.39, 0.29) is 11.9 Å². The highest BCUT2D eigenvalue weighted by molar-refractivity contribution is 7.80. The molecule has 1 unspecified atom stereocenters. The summed E-state index contributed by atoms with van der Waals surface area (Å²) in [7, 11) is 1.68. The first-order valence-corrected chi connectivity index (χ1v) is 11.5. The number of hydrogen-bond donors (Lipinski definition) is 1. The van der Waals surface area contributed by atoms with E-state index in [1.807, 2.05) is 43.0 Å². The van der Waals surface area contributed by atoms with Crippen LogP contribution in [0.1, 0.15) is 37.8 Å². The van der Waals surface area contributed by atoms with Crippen LogP contribution in [-0.4, -0.2) is 47.0 Å². The molecule has 2 aromatic carbocycles. The van der Waals surface area contributed by atoms with Gasteiger partial charge < -0.3 is 24.2 Å². The van der Waals surface area contributed by atoms with Crippen molar-refractivity contribution < 1.29 is 18.4 Å². The molecule has 2 heterocycles. The Morgan fingerprint density at radius 1 is 1.21 bits per heavy atom. The molecular formula is C25H27FN4O3S. The molecule has 4 rings (SSSR count). The molecule has 1 aliphatic rings. The van der Waals surface area contributed by atoms with E-state index in [4.69, 9.17) is 26.2 Å². The SMILES string of the molecule is CCOc1ccc(C2NC(=S)N(CCCOC)C(C)=C2c2nc(-c3cccc(F)c3)no2)cc1. The minimum absolute atomic E-state index is 0.303. The van der Waals surface area contributed by atoms with Crippen LogP contribution >= 0.6 is 12.2 Å². The molecule has 0 aliphatic carbocycles. The number of halogens is 1. The van der Waals surface area contributed by atoms with Crippen molar-refractivity contribution in [1.82, 2.24) is 20.4 Å². The summed E-state index contributed by atoms with van der Waals surface area (Å²) in [5.41, 5.74) is 3.24. The Morgan fingerprint density at radius 3 is 2.71 bits per heavy atom. The van der Waals surface area contributed by atoms with Crippen molar-refractivity contribution in [3.8, 4) is 17.1 Å². The smallest absolute Gasteiger partial charge is 0.258 e. The topological polar surface area (TPSA) is 72.7 Å². The summed E-state index contributed by atoms with van der Waals surface area (Å²) >= 11 is 5.70. The Kier molecular flexibility index (Phi) is 7.54. The molecule has 1 atom stereocenters. The van der Waals surface area contributed by atoms with Gasteiger partial charge in [0.05, 0.1) is 18.2 Å². The molecule has 0 saturated heterocycles. The van der Waals surface area contributed by atoms with Crippen LogP contribution in [0.15, 0.2) is 58.8 Å². The van der Waals surface area contributed by atoms with E-state index in [0.717, 1.165) is 29.0 Å². The van der Waals surface area contributed by atoms with Gasteiger partial charge in [-0.25, -0.2) is 4.39 Å². The van der Waals surface area contributed by atoms with Gasteiger partial charge in [-0.2, -0.15) is 4.98 Å². The third-order valence-corrected chi connectivity index (χ3v) is 5.93. The average Bonchev–Trinajstić information content (AvgIpc) is 3.31. The molecular weight excluding hydrogens is 455 g/mol. The number of benzene rings is 2. The van der Waals surface area contributed by atoms with Crippen molar-refractivity contribution in [2.24, 2.45) is 0 Å². The number of hydrogen-bond acceptors (Lipinski definition) is 6. The molecule has 1 N–H and O–H groups in total. The maximum Gasteiger partial charge on any atom is 0.258 e. The first-order chi connectivity index (χ1) is 16.5. The monoisotopic (exact) mass is 482 g/mol. The van der Waals surface area contributed by atoms with Gasteiger partial charge >= 0.3 is 0 Å². The molecule has 9 heteroatoms. The number of ether oxygens (including phenoxy) is 2. The third kappa shape index (κ3) is 5.10. The van der Waals surface area contributed by atoms with Crippen LogP contribution in [0.25, 0.3) is 17.0 Å². The van der Waals surface area contributed by atoms with E-state index in [1.54, 1.807) is 19.2 Å². The highest BCUT2D eigenvalue weighted by atomic mass is 32.1. The summed E-state index contributed by atoms with van der Waals surface area (Å²) in [6.45, 7) is 5.83. The zero-order chi connectivity index (χ0) is 24.1. The molecule has 0 fully saturated rings. The molecule has 1 aromatic heterocycles. The fourth-order valence-electron chi connectivity index (χ4n) is 3.95. The molecule has 178 valence electrons. The van der Waals surface area contributed by atoms with E-state index in [2.05, 4.69) is 15.5 Å². The first kappa shape index (κ1) is 23.8. The molecule has 1 aliphatic heterocycles. The van der Waals surface area contributed by atoms with Crippen molar-refractivity contribution in [2.45, 2.75) is 26.3 Å². The number of aromatic nitrogens is 2. The van der Waals surface area contributed by atoms with Crippen LogP contribution in [0.3, 0.4) is 0 Å². The predicted molar refractivity (Wildman–Crippen MR) is 132 cm³/mol. The first-order valence-electron chi connectivity index (χ1n) is 11.1. The molecule has 0 bridgehead atoms. The van der Waals surface area contributed by atoms with Crippen molar-refractivity contribution >= 4 is 22.9 Å². The van der Waals surface area contributed by atoms with E-state index < -0.39 is 0 Å². The quantitative estimate of drug-likeness (QED) is 0.338. The largest absolute Gasteiger partial charge is 0.494 e. The Hall–Kier alpha value is -3.30. The molecule has 7 nitrogen and oxygen atoms in total. The second-order valence-electron chi connectivity index (χ2n) is 7.82. The van der Waals surface area contributed by atoms with Gasteiger partial charge in [-0.05, 0) is 62.3 Å². The predicted octanol–water partition coefficient (Wildman–Crippen LogP) is 4.97. The lowest BCUT2D eigenvalue weighted by Crippen LogP contribution is -2.46. The lowest BCUT2D eigenvalue weighted by Gasteiger charge is -2.37. The summed E-state index contributed by atoms with van der Waals surface area (Å²) in [5.74, 6) is 1.10. The number of rotatable bonds is 9. The molecule has 0 saturated carbocycles. The zero-order valence-electron chi connectivity index (χ0n) is 19.4. The summed E-state index contributed by atoms with van der Waals surface area (Å²) in [6, 6.07) is 13.6. The lowest BCUT2D eigenvalue weighted by molar-refractivity contribution is 0.188. The van der Waals surface area contributed by atoms with Gasteiger partial charge in [-0.3, -0.25) is 0 Å². The van der Waals surface area contributed by atoms with E-state index in [1.165, 1.54) is 12.1 Å². The van der Waals surface area contributed by atoms with Gasteiger partial charge in [0.2, 0.25) is 5.82 Å². The summed E-state index contributed by atoms with van der Waals surface area (Å²) in [6.07, 6.45) is 0.801. The maximum absolute atomic E-state index is 13.7. The van der Waals surface area contributed by atoms with Crippen molar-refractivity contribution in [3.05, 3.63) is 71.5 Å². The number of thiocarbonyl (C=S) groups is 1. The van der Waals surface area contributed by atoms with Crippen LogP contribution in [0, 0.1) is 5.82 Å². The van der Waals surface area contributed by atoms with E-state index >= 15 is 0 Å². The minimum Gasteiger partial charge on any atom is -0.494 e. The highest BCUT2D eigenvalue weighted by Crippen LogP contribution is 2.38. The summed E-state index contributed by atoms with van der Waals surface area (Å²) in [4.78, 5) is 6.63. The van der Waals surface area contributed by atoms with Gasteiger partial charge in [0.15, 0.2) is 5.11 Å². The Labute approximate surface area is 203 Å². The number of nitrogens with zero attached hydrogens (tertiary/aromatic N) is 3. The second-order valence-corrected chi connectivity index (χ2v) is 8.20. The van der Waals surface area contributed by atoms with Crippen molar-refractivity contribution in [2.75, 3.05) is 26.9 Å². The summed E-state index contributed by atoms with van der Waals surface area (Å²) in [5, 5.41) is 8.16. The van der Waals surface area contributed by atoms with Crippen LogP contribution in [-0.2, 0) is 4.74 Å². The Bertz CT molecular complexity index is 1180. The summed E-state index contributed by atoms with van der Waals surface area (Å²) < 4.78 is 30.2. The lowest BCUT2D eigenvalue weighted by atomic mass is 9.94. The van der Waals surface area contributed by atoms with Gasteiger partial charge in [-0.1, -0.05) is 29.4 Å². The van der Waals surface area contributed by atoms with Gasteiger partial charge in [0, 0.05) is 31.5 Å². The van der Waals surface area contributed by atoms with Gasteiger partial charge in [-0.15, -0.1) is 0 Å². The fraction of sp³-hybridized carbons (Fsp3) is 0.320. The standard InChI is InChI=1S/C25H27FN4O3S/c1-4-32-20-11-9-17(10-12-20)22-21(16(2)30(25(34)27-22)13-6-14-31-3)24-28-23(29-33-24)18-7-5-8-19(26)15-18/h5,7-12,15,22H,4,6,13-14H2,1-3H3,(H,27,34). The van der Waals surface area contributed by atoms with E-state index in [0.29, 0.717) is 42.1 Å². The Morgan fingerprint density at radius 2 is 2.00 bits per heavy atom. The number of methoxy groups -OCH3 is 1. The van der Waals surface area contributed by atoms with Crippen LogP contribution < -0.4 is 10.1 Å². The molecule has 0 spiro atoms. The molecule has 0 amide bonds. The zero-order valence-corrected chi connectivity index (χ0v) is 20.2. The van der Waals surface area contributed by atoms with Crippen LogP contribution in [0.2, 0.25) is 0 Å². The minimum atomic E-state index is -0.361. The maximum atomic E-state index is 13.7. The number of nitrogens with one attached hydrogen (secondary N) is 1. The Balaban J connectivity index is 1.75. The van der Waals surface area contributed by atoms with Gasteiger partial charge in [0.1, 0.15) is 11.6 Å². The average molecular weight is 483 g/mol.